The van der Waals surface area contributed by atoms with E-state index in [0.717, 1.165) is 17.4 Å². The number of rotatable bonds is 28. The molecule has 2 aromatic carbocycles. The number of imidazole rings is 1. The number of phosphoric ester groups is 3. The van der Waals surface area contributed by atoms with Crippen molar-refractivity contribution in [2.24, 2.45) is 0 Å². The van der Waals surface area contributed by atoms with Gasteiger partial charge < -0.3 is 56.3 Å². The van der Waals surface area contributed by atoms with Gasteiger partial charge in [-0.1, -0.05) is 25.7 Å². The Hall–Kier alpha value is -6.04. The summed E-state index contributed by atoms with van der Waals surface area (Å²) in [6.07, 6.45) is 0.0476. The van der Waals surface area contributed by atoms with E-state index in [1.54, 1.807) is 0 Å². The molecule has 2 unspecified atom stereocenters. The third-order valence-corrected chi connectivity index (χ3v) is 15.6. The molecule has 11 N–H and O–H groups in total. The molecule has 8 rings (SSSR count). The average molecular weight is 1180 g/mol. The summed E-state index contributed by atoms with van der Waals surface area (Å²) in [5.74, 6) is -1.88. The molecule has 5 aromatic rings. The van der Waals surface area contributed by atoms with Crippen LogP contribution in [0.4, 0.5) is 11.6 Å². The molecule has 2 aliphatic heterocycles. The van der Waals surface area contributed by atoms with Crippen LogP contribution in [0, 0.1) is 0 Å². The molecule has 5 heterocycles. The lowest BCUT2D eigenvalue weighted by Gasteiger charge is -2.24. The average Bonchev–Trinajstić information content (AvgIpc) is 4.16. The summed E-state index contributed by atoms with van der Waals surface area (Å²) < 4.78 is 78.7. The van der Waals surface area contributed by atoms with Crippen molar-refractivity contribution in [2.45, 2.75) is 101 Å². The van der Waals surface area contributed by atoms with Crippen molar-refractivity contribution in [3.63, 3.8) is 0 Å². The molecule has 8 atom stereocenters. The lowest BCUT2D eigenvalue weighted by molar-refractivity contribution is -0.0561. The Morgan fingerprint density at radius 3 is 1.80 bits per heavy atom. The number of nitrogens with two attached hydrogens (primary N) is 2. The Labute approximate surface area is 454 Å². The number of aromatic nitrogens is 6. The van der Waals surface area contributed by atoms with Gasteiger partial charge >= 0.3 is 29.2 Å². The first-order chi connectivity index (χ1) is 38.1. The summed E-state index contributed by atoms with van der Waals surface area (Å²) in [6, 6.07) is 9.79. The first-order valence-corrected chi connectivity index (χ1v) is 29.8. The molecule has 432 valence electrons. The largest absolute Gasteiger partial charge is 0.472 e. The number of amides is 2. The number of carbonyl (C=O) groups excluding carboxylic acids is 4. The van der Waals surface area contributed by atoms with E-state index in [-0.39, 0.29) is 95.2 Å². The van der Waals surface area contributed by atoms with Crippen LogP contribution in [0.25, 0.3) is 11.2 Å². The topological polar surface area (TPSA) is 440 Å². The van der Waals surface area contributed by atoms with Gasteiger partial charge in [-0.3, -0.25) is 50.9 Å². The van der Waals surface area contributed by atoms with E-state index < -0.39 is 103 Å². The number of hydrogen-bond acceptors (Lipinski definition) is 22. The van der Waals surface area contributed by atoms with E-state index in [2.05, 4.69) is 30.6 Å². The van der Waals surface area contributed by atoms with E-state index >= 15 is 0 Å². The molecular formula is C47H59N10O20P3. The smallest absolute Gasteiger partial charge is 0.396 e. The first-order valence-electron chi connectivity index (χ1n) is 25.2. The number of hydrogen-bond donors (Lipinski definition) is 9. The molecule has 0 spiro atoms. The van der Waals surface area contributed by atoms with Gasteiger partial charge in [0.2, 0.25) is 0 Å². The van der Waals surface area contributed by atoms with E-state index in [1.807, 2.05) is 0 Å². The highest BCUT2D eigenvalue weighted by atomic mass is 31.2. The van der Waals surface area contributed by atoms with Crippen LogP contribution in [0.1, 0.15) is 129 Å². The van der Waals surface area contributed by atoms with E-state index in [4.69, 9.17) is 48.7 Å². The zero-order chi connectivity index (χ0) is 57.4. The fourth-order valence-corrected chi connectivity index (χ4v) is 11.4. The van der Waals surface area contributed by atoms with Gasteiger partial charge in [0, 0.05) is 72.1 Å². The third kappa shape index (κ3) is 15.3. The van der Waals surface area contributed by atoms with Crippen molar-refractivity contribution in [1.29, 1.82) is 0 Å². The van der Waals surface area contributed by atoms with Gasteiger partial charge in [0.15, 0.2) is 23.0 Å². The fraction of sp³-hybridized carbons (Fsp3) is 0.468. The van der Waals surface area contributed by atoms with Gasteiger partial charge in [-0.25, -0.2) is 33.4 Å². The molecule has 30 nitrogen and oxygen atoms in total. The minimum absolute atomic E-state index is 0.0322. The number of fused-ring (bicyclic) bond motifs is 3. The van der Waals surface area contributed by atoms with Crippen molar-refractivity contribution in [1.82, 2.24) is 39.7 Å². The molecule has 0 bridgehead atoms. The minimum Gasteiger partial charge on any atom is -0.396 e. The second-order valence-corrected chi connectivity index (χ2v) is 22.8. The molecule has 3 aliphatic rings. The second kappa shape index (κ2) is 26.3. The summed E-state index contributed by atoms with van der Waals surface area (Å²) in [7, 11) is -15.2. The monoisotopic (exact) mass is 1180 g/mol. The number of nitrogens with zero attached hydrogens (tertiary/aromatic N) is 6. The molecule has 80 heavy (non-hydrogen) atoms. The van der Waals surface area contributed by atoms with Crippen molar-refractivity contribution < 1.29 is 89.6 Å². The predicted molar refractivity (Wildman–Crippen MR) is 277 cm³/mol. The third-order valence-electron chi connectivity index (χ3n) is 13.1. The maximum Gasteiger partial charge on any atom is 0.472 e. The molecule has 0 saturated carbocycles. The van der Waals surface area contributed by atoms with Crippen LogP contribution >= 0.6 is 23.5 Å². The van der Waals surface area contributed by atoms with Crippen LogP contribution in [0.15, 0.2) is 66.1 Å². The molecule has 1 aliphatic carbocycles. The number of ketones is 2. The Balaban J connectivity index is 0.791. The van der Waals surface area contributed by atoms with Crippen LogP contribution in [0.5, 0.6) is 0 Å². The highest BCUT2D eigenvalue weighted by Crippen LogP contribution is 2.51. The summed E-state index contributed by atoms with van der Waals surface area (Å²) in [6.45, 7) is -1.12. The second-order valence-electron chi connectivity index (χ2n) is 18.7. The number of anilines is 2. The number of carbonyl (C=O) groups is 4. The van der Waals surface area contributed by atoms with Gasteiger partial charge in [-0.05, 0) is 68.1 Å². The number of aliphatic hydroxyl groups excluding tert-OH is 1. The fourth-order valence-electron chi connectivity index (χ4n) is 9.13. The van der Waals surface area contributed by atoms with E-state index in [1.165, 1.54) is 65.9 Å². The number of nitrogens with one attached hydrogen (secondary N) is 2. The van der Waals surface area contributed by atoms with Crippen molar-refractivity contribution in [2.75, 3.05) is 51.0 Å². The minimum atomic E-state index is -5.19. The summed E-state index contributed by atoms with van der Waals surface area (Å²) in [4.78, 5) is 122. The highest BCUT2D eigenvalue weighted by Gasteiger charge is 2.46. The number of ether oxygens (including phenoxy) is 2. The molecule has 0 radical (unpaired) electrons. The Bertz CT molecular complexity index is 3300. The van der Waals surface area contributed by atoms with Crippen LogP contribution in [0.3, 0.4) is 0 Å². The maximum atomic E-state index is 13.6. The lowest BCUT2D eigenvalue weighted by Crippen LogP contribution is -2.30. The standard InChI is InChI=1S/C47H59N10O20P3/c48-37-13-16-56(47(63)55-37)38-22-34(77-80(69,70)73-24-35-33(76-78(64,65)66)21-39(75-35)57-26-54-40-43(49)52-25-53-44(40)57)36(74-38)23-72-79(67,68)71-18-8-4-2-6-15-51-46(62)28-10-12-30-32(20-28)42(60)31-19-27(9-11-29(31)41(30)59)45(61)50-14-5-1-3-7-17-58/h9-13,16,19-20,25-26,33-36,38-39,58H,1-8,14-15,17-18,21-24H2,(H,50,61)(H,51,62)(H,67,68)(H,69,70)(H2,48,55,63)(H2,49,52,53)(H2,64,65,66)/t33-,34-,35+,36+,38+,39+/m0/s1. The Morgan fingerprint density at radius 1 is 0.662 bits per heavy atom. The molecule has 2 amide bonds. The number of phosphoric acid groups is 3. The Morgan fingerprint density at radius 2 is 1.21 bits per heavy atom. The van der Waals surface area contributed by atoms with Gasteiger partial charge in [0.1, 0.15) is 54.5 Å². The van der Waals surface area contributed by atoms with Crippen LogP contribution in [-0.2, 0) is 45.8 Å². The highest BCUT2D eigenvalue weighted by molar-refractivity contribution is 7.47. The SMILES string of the molecule is Nc1ccn([C@H]2C[C@H](OP(=O)(O)OC[C@H]3O[C@@H](n4cnc5c(N)ncnc54)C[C@@H]3OP(=O)(O)O)[C@@H](COP(=O)(O)OCCCCCCNC(=O)c3ccc4c(c3)C(=O)c3cc(C(=O)NCCCCCCO)ccc3C4=O)O2)c(=O)n1. The number of aliphatic hydroxyl groups is 1. The molecular weight excluding hydrogens is 1120 g/mol. The maximum absolute atomic E-state index is 13.6. The molecule has 3 aromatic heterocycles. The lowest BCUT2D eigenvalue weighted by atomic mass is 9.82. The number of unbranched alkanes of at least 4 members (excludes halogenated alkanes) is 6. The Kier molecular flexibility index (Phi) is 19.7. The molecule has 33 heteroatoms. The number of nitrogen functional groups attached to an aromatic ring is 2. The van der Waals surface area contributed by atoms with Gasteiger partial charge in [0.05, 0.1) is 26.1 Å². The zero-order valence-electron chi connectivity index (χ0n) is 42.6. The summed E-state index contributed by atoms with van der Waals surface area (Å²) in [5.41, 5.74) is 11.8. The first kappa shape index (κ1) is 60.1. The van der Waals surface area contributed by atoms with Gasteiger partial charge in [-0.2, -0.15) is 4.98 Å². The summed E-state index contributed by atoms with van der Waals surface area (Å²) in [5, 5.41) is 14.5. The van der Waals surface area contributed by atoms with Crippen molar-refractivity contribution in [3.05, 3.63) is 105 Å². The predicted octanol–water partition coefficient (Wildman–Crippen LogP) is 2.98. The number of benzene rings is 2. The summed E-state index contributed by atoms with van der Waals surface area (Å²) >= 11 is 0. The van der Waals surface area contributed by atoms with E-state index in [9.17, 15) is 57.2 Å². The zero-order valence-corrected chi connectivity index (χ0v) is 45.3. The van der Waals surface area contributed by atoms with Crippen LogP contribution in [-0.4, -0.2) is 141 Å². The van der Waals surface area contributed by atoms with E-state index in [0.29, 0.717) is 38.6 Å². The van der Waals surface area contributed by atoms with Crippen LogP contribution < -0.4 is 27.8 Å². The van der Waals surface area contributed by atoms with Crippen LogP contribution in [0.2, 0.25) is 0 Å². The molecule has 2 fully saturated rings. The van der Waals surface area contributed by atoms with Gasteiger partial charge in [0.25, 0.3) is 11.8 Å². The normalized spacial score (nSPS) is 21.5. The van der Waals surface area contributed by atoms with Gasteiger partial charge in [-0.15, -0.1) is 0 Å². The van der Waals surface area contributed by atoms with Crippen molar-refractivity contribution >= 4 is 69.6 Å². The quantitative estimate of drug-likeness (QED) is 0.0252. The van der Waals surface area contributed by atoms with Crippen molar-refractivity contribution in [3.8, 4) is 0 Å². The molecule has 2 saturated heterocycles.